The molecule has 0 unspecified atom stereocenters. The van der Waals surface area contributed by atoms with Gasteiger partial charge in [-0.05, 0) is 30.7 Å². The van der Waals surface area contributed by atoms with Crippen molar-refractivity contribution in [3.05, 3.63) is 70.8 Å². The molecule has 3 aromatic rings. The highest BCUT2D eigenvalue weighted by Gasteiger charge is 2.23. The van der Waals surface area contributed by atoms with E-state index in [-0.39, 0.29) is 17.9 Å². The quantitative estimate of drug-likeness (QED) is 0.637. The Balaban J connectivity index is 1.67. The molecule has 2 aromatic heterocycles. The topological polar surface area (TPSA) is 77.3 Å². The lowest BCUT2D eigenvalue weighted by atomic mass is 10.1. The first-order valence-electron chi connectivity index (χ1n) is 9.10. The van der Waals surface area contributed by atoms with Crippen molar-refractivity contribution >= 4 is 11.7 Å². The molecule has 7 heteroatoms. The lowest BCUT2D eigenvalue weighted by Gasteiger charge is -2.30. The van der Waals surface area contributed by atoms with Crippen LogP contribution >= 0.6 is 0 Å². The lowest BCUT2D eigenvalue weighted by Crippen LogP contribution is -2.41. The van der Waals surface area contributed by atoms with Crippen LogP contribution in [-0.4, -0.2) is 40.5 Å². The number of aromatic nitrogens is 3. The third-order valence-corrected chi connectivity index (χ3v) is 4.78. The molecule has 0 fully saturated rings. The Kier molecular flexibility index (Phi) is 4.89. The van der Waals surface area contributed by atoms with Gasteiger partial charge in [-0.15, -0.1) is 0 Å². The van der Waals surface area contributed by atoms with Gasteiger partial charge in [0.15, 0.2) is 5.78 Å². The fraction of sp³-hybridized carbons (Fsp3) is 0.238. The second-order valence-electron chi connectivity index (χ2n) is 6.60. The van der Waals surface area contributed by atoms with Gasteiger partial charge in [0.2, 0.25) is 5.95 Å². The zero-order valence-corrected chi connectivity index (χ0v) is 15.5. The molecule has 1 aromatic carbocycles. The molecule has 0 saturated heterocycles. The maximum atomic E-state index is 12.8. The van der Waals surface area contributed by atoms with Gasteiger partial charge in [-0.25, -0.2) is 4.98 Å². The second kappa shape index (κ2) is 7.64. The van der Waals surface area contributed by atoms with E-state index in [4.69, 9.17) is 9.72 Å². The highest BCUT2D eigenvalue weighted by Crippen LogP contribution is 2.22. The summed E-state index contributed by atoms with van der Waals surface area (Å²) < 4.78 is 6.83. The number of fused-ring (bicyclic) bond motifs is 1. The number of methoxy groups -OCH3 is 1. The van der Waals surface area contributed by atoms with Crippen molar-refractivity contribution < 1.29 is 9.53 Å². The van der Waals surface area contributed by atoms with E-state index in [1.165, 1.54) is 6.07 Å². The molecule has 1 aliphatic rings. The molecule has 0 spiro atoms. The van der Waals surface area contributed by atoms with Gasteiger partial charge < -0.3 is 9.64 Å². The molecule has 28 heavy (non-hydrogen) atoms. The summed E-state index contributed by atoms with van der Waals surface area (Å²) in [6.45, 7) is 1.42. The fourth-order valence-corrected chi connectivity index (χ4v) is 3.35. The number of carbonyl (C=O) groups is 1. The number of Topliss-reactive ketones (excluding diaryl/α,β-unsaturated/α-hetero) is 1. The summed E-state index contributed by atoms with van der Waals surface area (Å²) in [5.74, 6) is 1.12. The van der Waals surface area contributed by atoms with Crippen LogP contribution in [-0.2, 0) is 6.54 Å². The molecule has 0 radical (unpaired) electrons. The van der Waals surface area contributed by atoms with E-state index in [2.05, 4.69) is 4.98 Å². The van der Waals surface area contributed by atoms with Crippen LogP contribution in [0.1, 0.15) is 16.8 Å². The Labute approximate surface area is 162 Å². The molecule has 0 saturated carbocycles. The van der Waals surface area contributed by atoms with E-state index >= 15 is 0 Å². The number of nitrogens with zero attached hydrogens (tertiary/aromatic N) is 4. The third kappa shape index (κ3) is 3.51. The number of hydrogen-bond donors (Lipinski definition) is 0. The summed E-state index contributed by atoms with van der Waals surface area (Å²) in [5.41, 5.74) is 1.86. The summed E-state index contributed by atoms with van der Waals surface area (Å²) >= 11 is 0. The van der Waals surface area contributed by atoms with Crippen LogP contribution in [0.25, 0.3) is 11.3 Å². The zero-order chi connectivity index (χ0) is 19.5. The number of benzene rings is 1. The van der Waals surface area contributed by atoms with Crippen LogP contribution in [0.15, 0.2) is 59.7 Å². The first-order chi connectivity index (χ1) is 13.7. The van der Waals surface area contributed by atoms with Gasteiger partial charge in [0, 0.05) is 42.7 Å². The Morgan fingerprint density at radius 1 is 1.14 bits per heavy atom. The van der Waals surface area contributed by atoms with Gasteiger partial charge in [-0.2, -0.15) is 0 Å². The summed E-state index contributed by atoms with van der Waals surface area (Å²) in [5, 5.41) is 0. The van der Waals surface area contributed by atoms with Crippen molar-refractivity contribution in [2.24, 2.45) is 0 Å². The summed E-state index contributed by atoms with van der Waals surface area (Å²) in [7, 11) is 1.57. The molecule has 0 N–H and O–H groups in total. The standard InChI is InChI=1S/C21H20N4O3/c1-28-17-5-2-4-16(12-17)19(26)14-24-10-3-11-25-20(27)13-18(23-21(24)25)15-6-8-22-9-7-15/h2,4-9,12-13H,3,10-11,14H2,1H3. The number of anilines is 1. The molecule has 7 nitrogen and oxygen atoms in total. The van der Waals surface area contributed by atoms with E-state index in [1.807, 2.05) is 17.0 Å². The predicted octanol–water partition coefficient (Wildman–Crippen LogP) is 2.41. The Morgan fingerprint density at radius 2 is 1.96 bits per heavy atom. The maximum Gasteiger partial charge on any atom is 0.255 e. The van der Waals surface area contributed by atoms with Gasteiger partial charge in [-0.1, -0.05) is 12.1 Å². The van der Waals surface area contributed by atoms with E-state index in [9.17, 15) is 9.59 Å². The molecule has 4 rings (SSSR count). The first-order valence-corrected chi connectivity index (χ1v) is 9.10. The van der Waals surface area contributed by atoms with Crippen LogP contribution < -0.4 is 15.2 Å². The normalized spacial score (nSPS) is 13.1. The number of pyridine rings is 1. The molecule has 0 bridgehead atoms. The highest BCUT2D eigenvalue weighted by molar-refractivity contribution is 5.99. The number of hydrogen-bond acceptors (Lipinski definition) is 6. The molecule has 3 heterocycles. The predicted molar refractivity (Wildman–Crippen MR) is 106 cm³/mol. The van der Waals surface area contributed by atoms with Crippen LogP contribution in [0.5, 0.6) is 5.75 Å². The van der Waals surface area contributed by atoms with Gasteiger partial charge >= 0.3 is 0 Å². The Bertz CT molecular complexity index is 1060. The average molecular weight is 376 g/mol. The molecule has 0 aliphatic carbocycles. The van der Waals surface area contributed by atoms with E-state index in [1.54, 1.807) is 48.3 Å². The van der Waals surface area contributed by atoms with Crippen molar-refractivity contribution in [1.29, 1.82) is 0 Å². The van der Waals surface area contributed by atoms with Crippen molar-refractivity contribution in [1.82, 2.24) is 14.5 Å². The summed E-state index contributed by atoms with van der Waals surface area (Å²) in [6, 6.07) is 12.2. The van der Waals surface area contributed by atoms with Gasteiger partial charge in [0.1, 0.15) is 5.75 Å². The molecule has 1 aliphatic heterocycles. The SMILES string of the molecule is COc1cccc(C(=O)CN2CCCn3c2nc(-c2ccncc2)cc3=O)c1. The van der Waals surface area contributed by atoms with Crippen LogP contribution in [0.2, 0.25) is 0 Å². The van der Waals surface area contributed by atoms with Gasteiger partial charge in [0.05, 0.1) is 19.3 Å². The van der Waals surface area contributed by atoms with Crippen molar-refractivity contribution in [3.8, 4) is 17.0 Å². The van der Waals surface area contributed by atoms with E-state index in [0.717, 1.165) is 12.0 Å². The van der Waals surface area contributed by atoms with Gasteiger partial charge in [0.25, 0.3) is 5.56 Å². The van der Waals surface area contributed by atoms with Crippen LogP contribution in [0, 0.1) is 0 Å². The maximum absolute atomic E-state index is 12.8. The number of rotatable bonds is 5. The van der Waals surface area contributed by atoms with E-state index < -0.39 is 0 Å². The smallest absolute Gasteiger partial charge is 0.255 e. The second-order valence-corrected chi connectivity index (χ2v) is 6.60. The number of carbonyl (C=O) groups excluding carboxylic acids is 1. The molecular formula is C21H20N4O3. The summed E-state index contributed by atoms with van der Waals surface area (Å²) in [6.07, 6.45) is 4.12. The average Bonchev–Trinajstić information content (AvgIpc) is 2.75. The number of ketones is 1. The van der Waals surface area contributed by atoms with E-state index in [0.29, 0.717) is 36.0 Å². The molecule has 142 valence electrons. The van der Waals surface area contributed by atoms with Crippen molar-refractivity contribution in [3.63, 3.8) is 0 Å². The Hall–Kier alpha value is -3.48. The Morgan fingerprint density at radius 3 is 2.75 bits per heavy atom. The fourth-order valence-electron chi connectivity index (χ4n) is 3.35. The molecular weight excluding hydrogens is 356 g/mol. The molecule has 0 amide bonds. The zero-order valence-electron chi connectivity index (χ0n) is 15.5. The third-order valence-electron chi connectivity index (χ3n) is 4.78. The minimum absolute atomic E-state index is 0.0455. The van der Waals surface area contributed by atoms with Gasteiger partial charge in [-0.3, -0.25) is 19.1 Å². The first kappa shape index (κ1) is 17.9. The number of ether oxygens (including phenoxy) is 1. The van der Waals surface area contributed by atoms with Crippen molar-refractivity contribution in [2.75, 3.05) is 25.1 Å². The summed E-state index contributed by atoms with van der Waals surface area (Å²) in [4.78, 5) is 36.0. The highest BCUT2D eigenvalue weighted by atomic mass is 16.5. The van der Waals surface area contributed by atoms with Crippen LogP contribution in [0.3, 0.4) is 0 Å². The van der Waals surface area contributed by atoms with Crippen LogP contribution in [0.4, 0.5) is 5.95 Å². The monoisotopic (exact) mass is 376 g/mol. The molecule has 0 atom stereocenters. The largest absolute Gasteiger partial charge is 0.497 e. The minimum Gasteiger partial charge on any atom is -0.497 e. The van der Waals surface area contributed by atoms with Crippen molar-refractivity contribution in [2.45, 2.75) is 13.0 Å². The minimum atomic E-state index is -0.115. The lowest BCUT2D eigenvalue weighted by molar-refractivity contribution is 0.0997.